The number of carbonyl (C=O) groups is 1. The highest BCUT2D eigenvalue weighted by atomic mass is 35.5. The number of hydrogen-bond donors (Lipinski definition) is 1. The summed E-state index contributed by atoms with van der Waals surface area (Å²) in [5.41, 5.74) is 4.66. The van der Waals surface area contributed by atoms with Crippen LogP contribution in [0.3, 0.4) is 0 Å². The van der Waals surface area contributed by atoms with Crippen molar-refractivity contribution in [3.05, 3.63) is 93.5 Å². The van der Waals surface area contributed by atoms with Gasteiger partial charge in [-0.3, -0.25) is 19.5 Å². The number of nitro groups is 1. The molecular formula is C25H21ClN6O4S. The van der Waals surface area contributed by atoms with E-state index in [9.17, 15) is 14.9 Å². The van der Waals surface area contributed by atoms with E-state index in [2.05, 4.69) is 20.7 Å². The number of amides is 1. The SMILES string of the molecule is CCOc1ccc(-n2c(SCC(=O)NN=Cc3ccc([N+](=O)[O-])cc3)nnc2-c2ccc(Cl)cc2)cc1. The average molecular weight is 537 g/mol. The van der Waals surface area contributed by atoms with E-state index in [0.717, 1.165) is 17.0 Å². The summed E-state index contributed by atoms with van der Waals surface area (Å²) in [5, 5.41) is 24.5. The summed E-state index contributed by atoms with van der Waals surface area (Å²) < 4.78 is 7.40. The largest absolute Gasteiger partial charge is 0.494 e. The highest BCUT2D eigenvalue weighted by Gasteiger charge is 2.17. The third kappa shape index (κ3) is 6.72. The van der Waals surface area contributed by atoms with Gasteiger partial charge in [-0.05, 0) is 73.2 Å². The Morgan fingerprint density at radius 2 is 1.81 bits per heavy atom. The van der Waals surface area contributed by atoms with Crippen LogP contribution in [0.1, 0.15) is 12.5 Å². The predicted molar refractivity (Wildman–Crippen MR) is 143 cm³/mol. The van der Waals surface area contributed by atoms with Crippen LogP contribution in [-0.2, 0) is 4.79 Å². The molecule has 188 valence electrons. The second kappa shape index (κ2) is 12.2. The van der Waals surface area contributed by atoms with Gasteiger partial charge < -0.3 is 4.74 Å². The average Bonchev–Trinajstić information content (AvgIpc) is 3.33. The number of thioether (sulfide) groups is 1. The number of ether oxygens (including phenoxy) is 1. The van der Waals surface area contributed by atoms with Crippen LogP contribution < -0.4 is 10.2 Å². The number of benzene rings is 3. The molecule has 4 rings (SSSR count). The lowest BCUT2D eigenvalue weighted by Gasteiger charge is -2.11. The number of nitrogens with one attached hydrogen (secondary N) is 1. The van der Waals surface area contributed by atoms with Gasteiger partial charge in [-0.2, -0.15) is 5.10 Å². The number of hydrazone groups is 1. The molecule has 1 N–H and O–H groups in total. The van der Waals surface area contributed by atoms with Crippen molar-refractivity contribution in [2.24, 2.45) is 5.10 Å². The third-order valence-electron chi connectivity index (χ3n) is 4.98. The van der Waals surface area contributed by atoms with Gasteiger partial charge in [0.25, 0.3) is 11.6 Å². The predicted octanol–water partition coefficient (Wildman–Crippen LogP) is 5.14. The van der Waals surface area contributed by atoms with Crippen LogP contribution in [0.25, 0.3) is 17.1 Å². The number of nitrogens with zero attached hydrogens (tertiary/aromatic N) is 5. The van der Waals surface area contributed by atoms with Crippen molar-refractivity contribution in [2.75, 3.05) is 12.4 Å². The number of non-ortho nitro benzene ring substituents is 1. The molecule has 0 aliphatic heterocycles. The molecule has 0 atom stereocenters. The molecule has 0 unspecified atom stereocenters. The van der Waals surface area contributed by atoms with E-state index in [1.807, 2.05) is 47.9 Å². The fourth-order valence-corrected chi connectivity index (χ4v) is 4.13. The number of halogens is 1. The molecule has 0 aliphatic rings. The van der Waals surface area contributed by atoms with Gasteiger partial charge >= 0.3 is 0 Å². The van der Waals surface area contributed by atoms with Gasteiger partial charge in [0.15, 0.2) is 11.0 Å². The van der Waals surface area contributed by atoms with Crippen molar-refractivity contribution in [1.29, 1.82) is 0 Å². The van der Waals surface area contributed by atoms with Crippen LogP contribution in [0.4, 0.5) is 5.69 Å². The first-order valence-electron chi connectivity index (χ1n) is 11.1. The minimum atomic E-state index is -0.482. The van der Waals surface area contributed by atoms with E-state index < -0.39 is 4.92 Å². The van der Waals surface area contributed by atoms with Crippen molar-refractivity contribution in [1.82, 2.24) is 20.2 Å². The molecule has 0 bridgehead atoms. The second-order valence-corrected chi connectivity index (χ2v) is 8.88. The first kappa shape index (κ1) is 25.9. The molecule has 3 aromatic carbocycles. The highest BCUT2D eigenvalue weighted by molar-refractivity contribution is 7.99. The molecule has 0 spiro atoms. The van der Waals surface area contributed by atoms with Crippen molar-refractivity contribution < 1.29 is 14.5 Å². The molecular weight excluding hydrogens is 516 g/mol. The molecule has 37 heavy (non-hydrogen) atoms. The van der Waals surface area contributed by atoms with Gasteiger partial charge in [-0.25, -0.2) is 5.43 Å². The van der Waals surface area contributed by atoms with E-state index in [1.165, 1.54) is 30.1 Å². The third-order valence-corrected chi connectivity index (χ3v) is 6.16. The van der Waals surface area contributed by atoms with Gasteiger partial charge in [-0.1, -0.05) is 23.4 Å². The van der Waals surface area contributed by atoms with E-state index in [1.54, 1.807) is 24.3 Å². The molecule has 4 aromatic rings. The molecule has 10 nitrogen and oxygen atoms in total. The van der Waals surface area contributed by atoms with Gasteiger partial charge in [0.05, 0.1) is 23.5 Å². The Bertz CT molecular complexity index is 1410. The zero-order valence-electron chi connectivity index (χ0n) is 19.6. The summed E-state index contributed by atoms with van der Waals surface area (Å²) in [5.74, 6) is 1.03. The van der Waals surface area contributed by atoms with Crippen molar-refractivity contribution in [2.45, 2.75) is 12.1 Å². The summed E-state index contributed by atoms with van der Waals surface area (Å²) in [6.45, 7) is 2.48. The van der Waals surface area contributed by atoms with Gasteiger partial charge in [0, 0.05) is 28.4 Å². The van der Waals surface area contributed by atoms with Gasteiger partial charge in [0.2, 0.25) is 0 Å². The smallest absolute Gasteiger partial charge is 0.269 e. The summed E-state index contributed by atoms with van der Waals surface area (Å²) in [6.07, 6.45) is 1.41. The number of hydrogen-bond acceptors (Lipinski definition) is 8. The maximum Gasteiger partial charge on any atom is 0.269 e. The molecule has 0 fully saturated rings. The van der Waals surface area contributed by atoms with E-state index in [-0.39, 0.29) is 17.3 Å². The lowest BCUT2D eigenvalue weighted by Crippen LogP contribution is -2.20. The van der Waals surface area contributed by atoms with Crippen LogP contribution in [0.15, 0.2) is 83.1 Å². The topological polar surface area (TPSA) is 125 Å². The molecule has 0 aliphatic carbocycles. The molecule has 0 radical (unpaired) electrons. The molecule has 1 heterocycles. The fraction of sp³-hybridized carbons (Fsp3) is 0.120. The molecule has 0 saturated heterocycles. The standard InChI is InChI=1S/C25H21ClN6O4S/c1-2-36-22-13-11-20(12-14-22)31-24(18-5-7-19(26)8-6-18)29-30-25(31)37-16-23(33)28-27-15-17-3-9-21(10-4-17)32(34)35/h3-15H,2,16H2,1H3,(H,28,33). The second-order valence-electron chi connectivity index (χ2n) is 7.51. The number of carbonyl (C=O) groups excluding carboxylic acids is 1. The van der Waals surface area contributed by atoms with E-state index in [4.69, 9.17) is 16.3 Å². The maximum absolute atomic E-state index is 12.4. The summed E-state index contributed by atoms with van der Waals surface area (Å²) in [6, 6.07) is 20.6. The minimum absolute atomic E-state index is 0.0211. The number of aromatic nitrogens is 3. The van der Waals surface area contributed by atoms with Crippen molar-refractivity contribution in [3.63, 3.8) is 0 Å². The van der Waals surface area contributed by atoms with Crippen LogP contribution >= 0.6 is 23.4 Å². The van der Waals surface area contributed by atoms with Crippen LogP contribution in [0.5, 0.6) is 5.75 Å². The zero-order chi connectivity index (χ0) is 26.2. The van der Waals surface area contributed by atoms with Gasteiger partial charge in [0.1, 0.15) is 5.75 Å². The Labute approximate surface area is 221 Å². The summed E-state index contributed by atoms with van der Waals surface area (Å²) in [7, 11) is 0. The highest BCUT2D eigenvalue weighted by Crippen LogP contribution is 2.29. The van der Waals surface area contributed by atoms with Crippen LogP contribution in [0.2, 0.25) is 5.02 Å². The lowest BCUT2D eigenvalue weighted by molar-refractivity contribution is -0.384. The quantitative estimate of drug-likeness (QED) is 0.129. The Kier molecular flexibility index (Phi) is 8.49. The van der Waals surface area contributed by atoms with Gasteiger partial charge in [-0.15, -0.1) is 10.2 Å². The first-order chi connectivity index (χ1) is 17.9. The molecule has 1 amide bonds. The fourth-order valence-electron chi connectivity index (χ4n) is 3.26. The number of nitro benzene ring substituents is 1. The monoisotopic (exact) mass is 536 g/mol. The van der Waals surface area contributed by atoms with E-state index in [0.29, 0.717) is 28.2 Å². The summed E-state index contributed by atoms with van der Waals surface area (Å²) in [4.78, 5) is 22.7. The Balaban J connectivity index is 1.48. The Morgan fingerprint density at radius 3 is 2.46 bits per heavy atom. The minimum Gasteiger partial charge on any atom is -0.494 e. The summed E-state index contributed by atoms with van der Waals surface area (Å²) >= 11 is 7.25. The Morgan fingerprint density at radius 1 is 1.11 bits per heavy atom. The van der Waals surface area contributed by atoms with Crippen LogP contribution in [-0.4, -0.2) is 44.2 Å². The zero-order valence-corrected chi connectivity index (χ0v) is 21.1. The number of rotatable bonds is 10. The van der Waals surface area contributed by atoms with Crippen molar-refractivity contribution >= 4 is 41.2 Å². The first-order valence-corrected chi connectivity index (χ1v) is 12.4. The van der Waals surface area contributed by atoms with E-state index >= 15 is 0 Å². The normalized spacial score (nSPS) is 11.0. The molecule has 12 heteroatoms. The van der Waals surface area contributed by atoms with Crippen LogP contribution in [0, 0.1) is 10.1 Å². The molecule has 1 aromatic heterocycles. The Hall–Kier alpha value is -4.22. The lowest BCUT2D eigenvalue weighted by atomic mass is 10.2. The van der Waals surface area contributed by atoms with Crippen molar-refractivity contribution in [3.8, 4) is 22.8 Å². The molecule has 0 saturated carbocycles. The maximum atomic E-state index is 12.4.